The van der Waals surface area contributed by atoms with Gasteiger partial charge in [0.2, 0.25) is 0 Å². The van der Waals surface area contributed by atoms with Crippen LogP contribution in [0.25, 0.3) is 0 Å². The fourth-order valence-corrected chi connectivity index (χ4v) is 3.32. The molecule has 0 spiro atoms. The zero-order valence-electron chi connectivity index (χ0n) is 15.0. The molecular formula is C18H28N6. The first-order chi connectivity index (χ1) is 11.6. The van der Waals surface area contributed by atoms with Crippen molar-refractivity contribution in [2.75, 3.05) is 33.2 Å². The van der Waals surface area contributed by atoms with Crippen molar-refractivity contribution in [1.82, 2.24) is 30.0 Å². The van der Waals surface area contributed by atoms with Crippen LogP contribution in [0, 0.1) is 5.92 Å². The lowest BCUT2D eigenvalue weighted by atomic mass is 10.0. The summed E-state index contributed by atoms with van der Waals surface area (Å²) in [4.78, 5) is 4.93. The number of aromatic nitrogens is 4. The van der Waals surface area contributed by atoms with E-state index in [1.165, 1.54) is 5.56 Å². The molecule has 2 heterocycles. The topological polar surface area (TPSA) is 50.1 Å². The molecule has 2 aromatic rings. The molecule has 6 nitrogen and oxygen atoms in total. The van der Waals surface area contributed by atoms with Crippen LogP contribution in [0.3, 0.4) is 0 Å². The second-order valence-electron chi connectivity index (χ2n) is 7.16. The molecule has 0 bridgehead atoms. The molecule has 130 valence electrons. The van der Waals surface area contributed by atoms with E-state index < -0.39 is 0 Å². The average molecular weight is 328 g/mol. The van der Waals surface area contributed by atoms with Crippen molar-refractivity contribution in [3.8, 4) is 0 Å². The molecular weight excluding hydrogens is 300 g/mol. The summed E-state index contributed by atoms with van der Waals surface area (Å²) < 4.78 is 1.97. The third-order valence-corrected chi connectivity index (χ3v) is 4.71. The summed E-state index contributed by atoms with van der Waals surface area (Å²) in [6.45, 7) is 9.64. The molecule has 1 fully saturated rings. The zero-order valence-corrected chi connectivity index (χ0v) is 15.0. The fourth-order valence-electron chi connectivity index (χ4n) is 3.32. The molecule has 1 aromatic carbocycles. The maximum absolute atomic E-state index is 4.41. The number of hydrogen-bond donors (Lipinski definition) is 0. The minimum Gasteiger partial charge on any atom is -0.304 e. The van der Waals surface area contributed by atoms with Gasteiger partial charge < -0.3 is 4.90 Å². The van der Waals surface area contributed by atoms with Gasteiger partial charge in [0.1, 0.15) is 0 Å². The molecule has 0 radical (unpaired) electrons. The number of benzene rings is 1. The van der Waals surface area contributed by atoms with E-state index in [-0.39, 0.29) is 6.04 Å². The van der Waals surface area contributed by atoms with Gasteiger partial charge in [-0.25, -0.2) is 4.68 Å². The van der Waals surface area contributed by atoms with E-state index in [0.717, 1.165) is 45.0 Å². The Kier molecular flexibility index (Phi) is 5.58. The summed E-state index contributed by atoms with van der Waals surface area (Å²) >= 11 is 0. The van der Waals surface area contributed by atoms with Gasteiger partial charge in [-0.3, -0.25) is 4.90 Å². The zero-order chi connectivity index (χ0) is 16.9. The average Bonchev–Trinajstić information content (AvgIpc) is 3.02. The molecule has 1 aliphatic rings. The van der Waals surface area contributed by atoms with Gasteiger partial charge in [-0.1, -0.05) is 44.2 Å². The minimum atomic E-state index is 0.289. The Labute approximate surface area is 144 Å². The lowest BCUT2D eigenvalue weighted by Gasteiger charge is -2.38. The molecule has 1 unspecified atom stereocenters. The summed E-state index contributed by atoms with van der Waals surface area (Å²) in [6, 6.07) is 10.7. The summed E-state index contributed by atoms with van der Waals surface area (Å²) in [5, 5.41) is 12.7. The van der Waals surface area contributed by atoms with Crippen LogP contribution in [-0.2, 0) is 6.54 Å². The molecule has 0 amide bonds. The Morgan fingerprint density at radius 3 is 2.42 bits per heavy atom. The van der Waals surface area contributed by atoms with E-state index in [1.54, 1.807) is 0 Å². The Morgan fingerprint density at radius 1 is 1.04 bits per heavy atom. The van der Waals surface area contributed by atoms with E-state index in [4.69, 9.17) is 0 Å². The Balaban J connectivity index is 1.81. The molecule has 0 saturated carbocycles. The van der Waals surface area contributed by atoms with Crippen molar-refractivity contribution >= 4 is 0 Å². The molecule has 24 heavy (non-hydrogen) atoms. The van der Waals surface area contributed by atoms with Gasteiger partial charge in [0.25, 0.3) is 0 Å². The van der Waals surface area contributed by atoms with Crippen LogP contribution in [0.4, 0.5) is 0 Å². The van der Waals surface area contributed by atoms with Crippen LogP contribution in [0.5, 0.6) is 0 Å². The molecule has 1 aromatic heterocycles. The van der Waals surface area contributed by atoms with Gasteiger partial charge in [-0.2, -0.15) is 0 Å². The largest absolute Gasteiger partial charge is 0.304 e. The second kappa shape index (κ2) is 7.85. The first kappa shape index (κ1) is 17.0. The maximum Gasteiger partial charge on any atom is 0.168 e. The third kappa shape index (κ3) is 4.19. The highest BCUT2D eigenvalue weighted by molar-refractivity contribution is 5.15. The smallest absolute Gasteiger partial charge is 0.168 e. The molecule has 1 atom stereocenters. The van der Waals surface area contributed by atoms with Crippen molar-refractivity contribution in [3.63, 3.8) is 0 Å². The Bertz CT molecular complexity index is 615. The summed E-state index contributed by atoms with van der Waals surface area (Å²) in [7, 11) is 2.19. The number of likely N-dealkylation sites (N-methyl/N-ethyl adjacent to an activating group) is 1. The molecule has 0 N–H and O–H groups in total. The molecule has 3 rings (SSSR count). The highest BCUT2D eigenvalue weighted by atomic mass is 15.6. The van der Waals surface area contributed by atoms with Crippen LogP contribution in [0.2, 0.25) is 0 Å². The minimum absolute atomic E-state index is 0.289. The Morgan fingerprint density at radius 2 is 1.75 bits per heavy atom. The highest BCUT2D eigenvalue weighted by Crippen LogP contribution is 2.27. The van der Waals surface area contributed by atoms with Crippen molar-refractivity contribution in [3.05, 3.63) is 41.7 Å². The van der Waals surface area contributed by atoms with Crippen LogP contribution < -0.4 is 0 Å². The predicted octanol–water partition coefficient (Wildman–Crippen LogP) is 2.06. The lowest BCUT2D eigenvalue weighted by Crippen LogP contribution is -2.46. The number of hydrogen-bond acceptors (Lipinski definition) is 5. The van der Waals surface area contributed by atoms with Crippen molar-refractivity contribution in [2.24, 2.45) is 5.92 Å². The normalized spacial score (nSPS) is 18.2. The van der Waals surface area contributed by atoms with Crippen LogP contribution >= 0.6 is 0 Å². The van der Waals surface area contributed by atoms with Crippen LogP contribution in [0.15, 0.2) is 30.3 Å². The predicted molar refractivity (Wildman–Crippen MR) is 94.6 cm³/mol. The van der Waals surface area contributed by atoms with Crippen LogP contribution in [-0.4, -0.2) is 63.2 Å². The standard InChI is InChI=1S/C18H28N6/c1-15(2)13-17(23-11-9-22(3)10-12-23)18-19-20-21-24(18)14-16-7-5-4-6-8-16/h4-8,15,17H,9-14H2,1-3H3. The van der Waals surface area contributed by atoms with Crippen LogP contribution in [0.1, 0.15) is 37.7 Å². The fraction of sp³-hybridized carbons (Fsp3) is 0.611. The SMILES string of the molecule is CC(C)CC(c1nnnn1Cc1ccccc1)N1CCN(C)CC1. The molecule has 1 saturated heterocycles. The van der Waals surface area contributed by atoms with E-state index in [0.29, 0.717) is 5.92 Å². The number of rotatable bonds is 6. The summed E-state index contributed by atoms with van der Waals surface area (Å²) in [6.07, 6.45) is 1.08. The van der Waals surface area contributed by atoms with E-state index in [9.17, 15) is 0 Å². The van der Waals surface area contributed by atoms with E-state index in [2.05, 4.69) is 70.5 Å². The highest BCUT2D eigenvalue weighted by Gasteiger charge is 2.28. The maximum atomic E-state index is 4.41. The number of piperazine rings is 1. The summed E-state index contributed by atoms with van der Waals surface area (Å²) in [5.74, 6) is 1.61. The third-order valence-electron chi connectivity index (χ3n) is 4.71. The van der Waals surface area contributed by atoms with Gasteiger partial charge in [0.15, 0.2) is 5.82 Å². The van der Waals surface area contributed by atoms with E-state index in [1.807, 2.05) is 10.7 Å². The van der Waals surface area contributed by atoms with Crippen molar-refractivity contribution in [1.29, 1.82) is 0 Å². The Hall–Kier alpha value is -1.79. The van der Waals surface area contributed by atoms with Crippen molar-refractivity contribution in [2.45, 2.75) is 32.9 Å². The monoisotopic (exact) mass is 328 g/mol. The number of nitrogens with zero attached hydrogens (tertiary/aromatic N) is 6. The second-order valence-corrected chi connectivity index (χ2v) is 7.16. The first-order valence-corrected chi connectivity index (χ1v) is 8.86. The first-order valence-electron chi connectivity index (χ1n) is 8.86. The molecule has 1 aliphatic heterocycles. The van der Waals surface area contributed by atoms with Gasteiger partial charge >= 0.3 is 0 Å². The van der Waals surface area contributed by atoms with Gasteiger partial charge in [-0.05, 0) is 35.4 Å². The van der Waals surface area contributed by atoms with E-state index >= 15 is 0 Å². The molecule has 6 heteroatoms. The van der Waals surface area contributed by atoms with Gasteiger partial charge in [0, 0.05) is 26.2 Å². The number of tetrazole rings is 1. The summed E-state index contributed by atoms with van der Waals surface area (Å²) in [5.41, 5.74) is 1.23. The quantitative estimate of drug-likeness (QED) is 0.812. The van der Waals surface area contributed by atoms with Crippen molar-refractivity contribution < 1.29 is 0 Å². The van der Waals surface area contributed by atoms with Gasteiger partial charge in [0.05, 0.1) is 12.6 Å². The van der Waals surface area contributed by atoms with Gasteiger partial charge in [-0.15, -0.1) is 5.10 Å². The molecule has 0 aliphatic carbocycles. The lowest BCUT2D eigenvalue weighted by molar-refractivity contribution is 0.0934.